The van der Waals surface area contributed by atoms with Gasteiger partial charge in [0, 0.05) is 28.6 Å². The molecule has 5 rings (SSSR count). The lowest BCUT2D eigenvalue weighted by molar-refractivity contribution is 0.101. The lowest BCUT2D eigenvalue weighted by Gasteiger charge is -2.08. The van der Waals surface area contributed by atoms with E-state index in [2.05, 4.69) is 20.6 Å². The molecule has 182 valence electrons. The first-order chi connectivity index (χ1) is 18.1. The Morgan fingerprint density at radius 2 is 1.57 bits per heavy atom. The standard InChI is InChI=1S/C29H22N4O4/c1-36-23-11-7-10-21(18-23)27(34)31-22-15-13-19(14-16-22)26-25(28(35)32-24-12-5-6-17-30-24)33-29(37-26)20-8-3-2-4-9-20/h2-18H,1H3,(H,31,34)(H,30,32,35). The molecule has 0 fully saturated rings. The van der Waals surface area contributed by atoms with Gasteiger partial charge in [-0.25, -0.2) is 9.97 Å². The predicted molar refractivity (Wildman–Crippen MR) is 141 cm³/mol. The van der Waals surface area contributed by atoms with Crippen molar-refractivity contribution in [1.82, 2.24) is 9.97 Å². The molecule has 0 bridgehead atoms. The molecule has 2 aromatic heterocycles. The molecule has 0 aliphatic rings. The predicted octanol–water partition coefficient (Wildman–Crippen LogP) is 5.92. The first kappa shape index (κ1) is 23.5. The molecule has 0 saturated heterocycles. The van der Waals surface area contributed by atoms with Crippen molar-refractivity contribution in [3.8, 4) is 28.5 Å². The summed E-state index contributed by atoms with van der Waals surface area (Å²) < 4.78 is 11.3. The molecular weight excluding hydrogens is 468 g/mol. The van der Waals surface area contributed by atoms with E-state index in [1.165, 1.54) is 0 Å². The highest BCUT2D eigenvalue weighted by atomic mass is 16.5. The Labute approximate surface area is 213 Å². The molecule has 0 saturated carbocycles. The Morgan fingerprint density at radius 1 is 0.784 bits per heavy atom. The number of pyridine rings is 1. The molecular formula is C29H22N4O4. The van der Waals surface area contributed by atoms with Gasteiger partial charge in [0.2, 0.25) is 5.89 Å². The van der Waals surface area contributed by atoms with Gasteiger partial charge in [-0.1, -0.05) is 30.3 Å². The van der Waals surface area contributed by atoms with Crippen LogP contribution >= 0.6 is 0 Å². The summed E-state index contributed by atoms with van der Waals surface area (Å²) in [6, 6.07) is 28.4. The van der Waals surface area contributed by atoms with Gasteiger partial charge >= 0.3 is 0 Å². The lowest BCUT2D eigenvalue weighted by atomic mass is 10.1. The smallest absolute Gasteiger partial charge is 0.279 e. The average Bonchev–Trinajstić information content (AvgIpc) is 3.40. The highest BCUT2D eigenvalue weighted by molar-refractivity contribution is 6.07. The first-order valence-corrected chi connectivity index (χ1v) is 11.4. The quantitative estimate of drug-likeness (QED) is 0.293. The number of nitrogens with zero attached hydrogens (tertiary/aromatic N) is 2. The third-order valence-corrected chi connectivity index (χ3v) is 5.51. The van der Waals surface area contributed by atoms with Crippen molar-refractivity contribution in [2.45, 2.75) is 0 Å². The van der Waals surface area contributed by atoms with E-state index in [0.717, 1.165) is 5.56 Å². The number of benzene rings is 3. The van der Waals surface area contributed by atoms with Gasteiger partial charge in [-0.2, -0.15) is 0 Å². The monoisotopic (exact) mass is 490 g/mol. The maximum Gasteiger partial charge on any atom is 0.279 e. The largest absolute Gasteiger partial charge is 0.497 e. The van der Waals surface area contributed by atoms with Crippen LogP contribution in [0.15, 0.2) is 108 Å². The zero-order chi connectivity index (χ0) is 25.6. The molecule has 2 heterocycles. The fraction of sp³-hybridized carbons (Fsp3) is 0.0345. The molecule has 3 aromatic carbocycles. The van der Waals surface area contributed by atoms with E-state index in [1.54, 1.807) is 80.0 Å². The maximum atomic E-state index is 13.1. The number of aromatic nitrogens is 2. The van der Waals surface area contributed by atoms with Gasteiger partial charge in [0.05, 0.1) is 7.11 Å². The first-order valence-electron chi connectivity index (χ1n) is 11.4. The number of carbonyl (C=O) groups excluding carboxylic acids is 2. The lowest BCUT2D eigenvalue weighted by Crippen LogP contribution is -2.14. The summed E-state index contributed by atoms with van der Waals surface area (Å²) in [4.78, 5) is 34.4. The summed E-state index contributed by atoms with van der Waals surface area (Å²) in [5.74, 6) is 0.899. The van der Waals surface area contributed by atoms with Crippen LogP contribution in [-0.2, 0) is 0 Å². The molecule has 2 N–H and O–H groups in total. The van der Waals surface area contributed by atoms with E-state index in [4.69, 9.17) is 9.15 Å². The number of amides is 2. The Balaban J connectivity index is 1.43. The zero-order valence-electron chi connectivity index (χ0n) is 19.8. The number of oxazole rings is 1. The van der Waals surface area contributed by atoms with E-state index < -0.39 is 5.91 Å². The molecule has 0 atom stereocenters. The topological polar surface area (TPSA) is 106 Å². The molecule has 8 nitrogen and oxygen atoms in total. The van der Waals surface area contributed by atoms with Gasteiger partial charge in [-0.3, -0.25) is 9.59 Å². The van der Waals surface area contributed by atoms with E-state index >= 15 is 0 Å². The van der Waals surface area contributed by atoms with Gasteiger partial charge < -0.3 is 19.8 Å². The third kappa shape index (κ3) is 5.38. The van der Waals surface area contributed by atoms with E-state index in [1.807, 2.05) is 30.3 Å². The van der Waals surface area contributed by atoms with Crippen molar-refractivity contribution < 1.29 is 18.7 Å². The van der Waals surface area contributed by atoms with Crippen molar-refractivity contribution in [1.29, 1.82) is 0 Å². The SMILES string of the molecule is COc1cccc(C(=O)Nc2ccc(-c3oc(-c4ccccc4)nc3C(=O)Nc3ccccn3)cc2)c1. The molecule has 0 radical (unpaired) electrons. The van der Waals surface area contributed by atoms with Crippen LogP contribution in [0.5, 0.6) is 5.75 Å². The van der Waals surface area contributed by atoms with Crippen LogP contribution in [0.1, 0.15) is 20.8 Å². The van der Waals surface area contributed by atoms with Crippen molar-refractivity contribution in [2.24, 2.45) is 0 Å². The number of ether oxygens (including phenoxy) is 1. The highest BCUT2D eigenvalue weighted by Crippen LogP contribution is 2.31. The van der Waals surface area contributed by atoms with Crippen LogP contribution in [0.2, 0.25) is 0 Å². The molecule has 0 aliphatic carbocycles. The fourth-order valence-electron chi connectivity index (χ4n) is 3.66. The van der Waals surface area contributed by atoms with Gasteiger partial charge in [0.15, 0.2) is 11.5 Å². The minimum atomic E-state index is -0.449. The summed E-state index contributed by atoms with van der Waals surface area (Å²) in [5, 5.41) is 5.62. The van der Waals surface area contributed by atoms with Crippen molar-refractivity contribution in [3.63, 3.8) is 0 Å². The van der Waals surface area contributed by atoms with Crippen LogP contribution in [0.25, 0.3) is 22.8 Å². The minimum absolute atomic E-state index is 0.123. The number of rotatable bonds is 7. The van der Waals surface area contributed by atoms with Crippen LogP contribution in [0.4, 0.5) is 11.5 Å². The minimum Gasteiger partial charge on any atom is -0.497 e. The second-order valence-corrected chi connectivity index (χ2v) is 8.00. The Morgan fingerprint density at radius 3 is 2.30 bits per heavy atom. The molecule has 5 aromatic rings. The molecule has 0 unspecified atom stereocenters. The summed E-state index contributed by atoms with van der Waals surface area (Å²) in [7, 11) is 1.55. The third-order valence-electron chi connectivity index (χ3n) is 5.51. The number of carbonyl (C=O) groups is 2. The summed E-state index contributed by atoms with van der Waals surface area (Å²) >= 11 is 0. The second kappa shape index (κ2) is 10.6. The van der Waals surface area contributed by atoms with Gasteiger partial charge in [-0.15, -0.1) is 0 Å². The second-order valence-electron chi connectivity index (χ2n) is 8.00. The molecule has 8 heteroatoms. The zero-order valence-corrected chi connectivity index (χ0v) is 19.8. The van der Waals surface area contributed by atoms with Crippen molar-refractivity contribution in [3.05, 3.63) is 115 Å². The van der Waals surface area contributed by atoms with Crippen LogP contribution in [0.3, 0.4) is 0 Å². The van der Waals surface area contributed by atoms with Gasteiger partial charge in [-0.05, 0) is 66.7 Å². The Kier molecular flexibility index (Phi) is 6.72. The molecule has 2 amide bonds. The van der Waals surface area contributed by atoms with Gasteiger partial charge in [0.25, 0.3) is 11.8 Å². The molecule has 0 spiro atoms. The molecule has 37 heavy (non-hydrogen) atoms. The van der Waals surface area contributed by atoms with Crippen molar-refractivity contribution >= 4 is 23.3 Å². The summed E-state index contributed by atoms with van der Waals surface area (Å²) in [5.41, 5.74) is 2.54. The number of anilines is 2. The summed E-state index contributed by atoms with van der Waals surface area (Å²) in [6.07, 6.45) is 1.59. The average molecular weight is 491 g/mol. The van der Waals surface area contributed by atoms with Crippen LogP contribution in [-0.4, -0.2) is 28.9 Å². The number of methoxy groups -OCH3 is 1. The number of hydrogen-bond donors (Lipinski definition) is 2. The van der Waals surface area contributed by atoms with Crippen molar-refractivity contribution in [2.75, 3.05) is 17.7 Å². The highest BCUT2D eigenvalue weighted by Gasteiger charge is 2.23. The fourth-order valence-corrected chi connectivity index (χ4v) is 3.66. The van der Waals surface area contributed by atoms with Gasteiger partial charge in [0.1, 0.15) is 11.6 Å². The Hall–Kier alpha value is -5.24. The van der Waals surface area contributed by atoms with Crippen LogP contribution < -0.4 is 15.4 Å². The summed E-state index contributed by atoms with van der Waals surface area (Å²) in [6.45, 7) is 0. The number of nitrogens with one attached hydrogen (secondary N) is 2. The Bertz CT molecular complexity index is 1530. The van der Waals surface area contributed by atoms with E-state index in [-0.39, 0.29) is 11.6 Å². The normalized spacial score (nSPS) is 10.5. The van der Waals surface area contributed by atoms with Crippen LogP contribution in [0, 0.1) is 0 Å². The number of hydrogen-bond acceptors (Lipinski definition) is 6. The maximum absolute atomic E-state index is 13.1. The van der Waals surface area contributed by atoms with E-state index in [0.29, 0.717) is 40.0 Å². The molecule has 0 aliphatic heterocycles. The van der Waals surface area contributed by atoms with E-state index in [9.17, 15) is 9.59 Å².